The summed E-state index contributed by atoms with van der Waals surface area (Å²) in [7, 11) is 0. The van der Waals surface area contributed by atoms with Crippen molar-refractivity contribution in [1.29, 1.82) is 0 Å². The zero-order valence-electron chi connectivity index (χ0n) is 11.7. The highest BCUT2D eigenvalue weighted by Gasteiger charge is 2.35. The van der Waals surface area contributed by atoms with Gasteiger partial charge in [0.25, 0.3) is 11.7 Å². The van der Waals surface area contributed by atoms with Gasteiger partial charge in [0.1, 0.15) is 0 Å². The zero-order chi connectivity index (χ0) is 14.7. The van der Waals surface area contributed by atoms with E-state index in [-0.39, 0.29) is 0 Å². The number of carbonyl (C=O) groups excluding carboxylic acids is 2. The van der Waals surface area contributed by atoms with Gasteiger partial charge in [-0.2, -0.15) is 0 Å². The number of carbonyl (C=O) groups is 2. The second-order valence-electron chi connectivity index (χ2n) is 5.24. The number of fused-ring (bicyclic) bond motifs is 1. The topological polar surface area (TPSA) is 46.6 Å². The molecule has 1 aromatic carbocycles. The van der Waals surface area contributed by atoms with Crippen molar-refractivity contribution in [3.63, 3.8) is 0 Å². The van der Waals surface area contributed by atoms with Gasteiger partial charge in [-0.25, -0.2) is 0 Å². The maximum Gasteiger partial charge on any atom is 0.299 e. The number of Topliss-reactive ketones (excluding diaryl/α,β-unsaturated/α-hetero) is 1. The Labute approximate surface area is 127 Å². The maximum absolute atomic E-state index is 12.0. The highest BCUT2D eigenvalue weighted by Crippen LogP contribution is 2.30. The van der Waals surface area contributed by atoms with Crippen molar-refractivity contribution in [2.75, 3.05) is 24.7 Å². The molecule has 0 fully saturated rings. The van der Waals surface area contributed by atoms with Crippen molar-refractivity contribution >= 4 is 33.3 Å². The summed E-state index contributed by atoms with van der Waals surface area (Å²) in [5.41, 5.74) is 1.14. The van der Waals surface area contributed by atoms with Gasteiger partial charge in [0.15, 0.2) is 0 Å². The van der Waals surface area contributed by atoms with Crippen molar-refractivity contribution < 1.29 is 14.3 Å². The number of ketones is 1. The van der Waals surface area contributed by atoms with Gasteiger partial charge >= 0.3 is 0 Å². The summed E-state index contributed by atoms with van der Waals surface area (Å²) in [6.45, 7) is 5.82. The second-order valence-corrected chi connectivity index (χ2v) is 6.16. The Hall–Kier alpha value is -1.20. The Morgan fingerprint density at radius 3 is 2.70 bits per heavy atom. The lowest BCUT2D eigenvalue weighted by molar-refractivity contribution is -0.114. The summed E-state index contributed by atoms with van der Waals surface area (Å²) in [5, 5.41) is 0. The van der Waals surface area contributed by atoms with Crippen molar-refractivity contribution in [3.05, 3.63) is 28.2 Å². The number of benzene rings is 1. The van der Waals surface area contributed by atoms with Gasteiger partial charge in [-0.05, 0) is 30.5 Å². The molecule has 2 rings (SSSR count). The molecule has 108 valence electrons. The summed E-state index contributed by atoms with van der Waals surface area (Å²) in [4.78, 5) is 25.3. The van der Waals surface area contributed by atoms with E-state index in [0.717, 1.165) is 10.9 Å². The van der Waals surface area contributed by atoms with Crippen LogP contribution in [0.2, 0.25) is 0 Å². The molecule has 0 aromatic heterocycles. The first-order valence-corrected chi connectivity index (χ1v) is 7.53. The van der Waals surface area contributed by atoms with E-state index in [9.17, 15) is 9.59 Å². The number of hydrogen-bond donors (Lipinski definition) is 0. The molecule has 1 aliphatic heterocycles. The smallest absolute Gasteiger partial charge is 0.299 e. The fraction of sp³-hybridized carbons (Fsp3) is 0.467. The third-order valence-electron chi connectivity index (χ3n) is 3.23. The van der Waals surface area contributed by atoms with E-state index in [1.54, 1.807) is 12.1 Å². The Bertz CT molecular complexity index is 528. The Morgan fingerprint density at radius 2 is 2.00 bits per heavy atom. The van der Waals surface area contributed by atoms with Crippen molar-refractivity contribution in [1.82, 2.24) is 0 Å². The van der Waals surface area contributed by atoms with E-state index in [1.165, 1.54) is 4.90 Å². The molecule has 0 N–H and O–H groups in total. The van der Waals surface area contributed by atoms with E-state index < -0.39 is 11.7 Å². The highest BCUT2D eigenvalue weighted by molar-refractivity contribution is 9.10. The molecule has 0 spiro atoms. The van der Waals surface area contributed by atoms with Crippen LogP contribution in [0.1, 0.15) is 30.6 Å². The number of amides is 1. The Balaban J connectivity index is 1.96. The second kappa shape index (κ2) is 6.50. The van der Waals surface area contributed by atoms with Gasteiger partial charge in [-0.15, -0.1) is 0 Å². The van der Waals surface area contributed by atoms with Crippen LogP contribution in [0.4, 0.5) is 5.69 Å². The standard InChI is InChI=1S/C15H18BrNO3/c1-10(2)5-7-20-8-6-17-13-4-3-11(16)9-12(13)14(18)15(17)19/h3-4,9-10H,5-8H2,1-2H3. The third kappa shape index (κ3) is 3.27. The van der Waals surface area contributed by atoms with E-state index >= 15 is 0 Å². The molecule has 0 unspecified atom stereocenters. The molecule has 1 aromatic rings. The molecular weight excluding hydrogens is 322 g/mol. The molecule has 0 saturated heterocycles. The molecule has 0 bridgehead atoms. The minimum absolute atomic E-state index is 0.414. The summed E-state index contributed by atoms with van der Waals surface area (Å²) in [5.74, 6) is -0.308. The molecule has 0 atom stereocenters. The number of hydrogen-bond acceptors (Lipinski definition) is 3. The van der Waals surface area contributed by atoms with E-state index in [2.05, 4.69) is 29.8 Å². The van der Waals surface area contributed by atoms with Crippen LogP contribution in [-0.2, 0) is 9.53 Å². The van der Waals surface area contributed by atoms with Gasteiger partial charge in [0.05, 0.1) is 17.9 Å². The van der Waals surface area contributed by atoms with Gasteiger partial charge < -0.3 is 9.64 Å². The van der Waals surface area contributed by atoms with Crippen LogP contribution in [0.3, 0.4) is 0 Å². The summed E-state index contributed by atoms with van der Waals surface area (Å²) in [6.07, 6.45) is 0.996. The Morgan fingerprint density at radius 1 is 1.25 bits per heavy atom. The molecule has 0 saturated carbocycles. The van der Waals surface area contributed by atoms with Crippen LogP contribution < -0.4 is 4.90 Å². The molecule has 5 heteroatoms. The monoisotopic (exact) mass is 339 g/mol. The van der Waals surface area contributed by atoms with E-state index in [4.69, 9.17) is 4.74 Å². The van der Waals surface area contributed by atoms with Crippen molar-refractivity contribution in [2.45, 2.75) is 20.3 Å². The van der Waals surface area contributed by atoms with Crippen LogP contribution in [-0.4, -0.2) is 31.4 Å². The first-order valence-electron chi connectivity index (χ1n) is 6.74. The van der Waals surface area contributed by atoms with Crippen molar-refractivity contribution in [3.8, 4) is 0 Å². The molecule has 1 aliphatic rings. The van der Waals surface area contributed by atoms with Crippen LogP contribution in [0.15, 0.2) is 22.7 Å². The van der Waals surface area contributed by atoms with Gasteiger partial charge in [-0.1, -0.05) is 29.8 Å². The van der Waals surface area contributed by atoms with E-state index in [1.807, 2.05) is 6.07 Å². The molecule has 1 amide bonds. The van der Waals surface area contributed by atoms with Crippen LogP contribution in [0.25, 0.3) is 0 Å². The predicted octanol–water partition coefficient (Wildman–Crippen LogP) is 3.04. The summed E-state index contributed by atoms with van der Waals surface area (Å²) >= 11 is 3.31. The lowest BCUT2D eigenvalue weighted by atomic mass is 10.1. The van der Waals surface area contributed by atoms with Gasteiger partial charge in [0.2, 0.25) is 0 Å². The molecular formula is C15H18BrNO3. The SMILES string of the molecule is CC(C)CCOCCN1C(=O)C(=O)c2cc(Br)ccc21. The largest absolute Gasteiger partial charge is 0.380 e. The van der Waals surface area contributed by atoms with Crippen LogP contribution in [0, 0.1) is 5.92 Å². The normalized spacial score (nSPS) is 14.3. The van der Waals surface area contributed by atoms with Crippen LogP contribution >= 0.6 is 15.9 Å². The quantitative estimate of drug-likeness (QED) is 0.591. The number of nitrogens with zero attached hydrogens (tertiary/aromatic N) is 1. The molecule has 0 radical (unpaired) electrons. The van der Waals surface area contributed by atoms with Crippen molar-refractivity contribution in [2.24, 2.45) is 5.92 Å². The number of anilines is 1. The summed E-state index contributed by atoms with van der Waals surface area (Å²) < 4.78 is 6.31. The molecule has 1 heterocycles. The minimum atomic E-state index is -0.467. The fourth-order valence-corrected chi connectivity index (χ4v) is 2.43. The lowest BCUT2D eigenvalue weighted by Crippen LogP contribution is -2.32. The highest BCUT2D eigenvalue weighted by atomic mass is 79.9. The van der Waals surface area contributed by atoms with Gasteiger partial charge in [0, 0.05) is 17.6 Å². The van der Waals surface area contributed by atoms with Gasteiger partial charge in [-0.3, -0.25) is 9.59 Å². The molecule has 0 aliphatic carbocycles. The minimum Gasteiger partial charge on any atom is -0.380 e. The third-order valence-corrected chi connectivity index (χ3v) is 3.73. The average molecular weight is 340 g/mol. The number of ether oxygens (including phenoxy) is 1. The number of rotatable bonds is 6. The maximum atomic E-state index is 12.0. The first-order chi connectivity index (χ1) is 9.50. The molecule has 4 nitrogen and oxygen atoms in total. The molecule has 20 heavy (non-hydrogen) atoms. The predicted molar refractivity (Wildman–Crippen MR) is 81.1 cm³/mol. The summed E-state index contributed by atoms with van der Waals surface area (Å²) in [6, 6.07) is 5.31. The average Bonchev–Trinajstić information content (AvgIpc) is 2.63. The van der Waals surface area contributed by atoms with E-state index in [0.29, 0.717) is 36.9 Å². The lowest BCUT2D eigenvalue weighted by Gasteiger charge is -2.16. The zero-order valence-corrected chi connectivity index (χ0v) is 13.3. The first kappa shape index (κ1) is 15.2. The fourth-order valence-electron chi connectivity index (χ4n) is 2.07. The van der Waals surface area contributed by atoms with Crippen LogP contribution in [0.5, 0.6) is 0 Å². The number of halogens is 1. The Kier molecular flexibility index (Phi) is 4.94.